The van der Waals surface area contributed by atoms with Crippen LogP contribution in [0.2, 0.25) is 5.02 Å². The fourth-order valence-electron chi connectivity index (χ4n) is 3.37. The first-order valence-corrected chi connectivity index (χ1v) is 10.6. The highest BCUT2D eigenvalue weighted by Gasteiger charge is 2.12. The van der Waals surface area contributed by atoms with Gasteiger partial charge in [-0.3, -0.25) is 4.79 Å². The molecule has 0 aliphatic carbocycles. The van der Waals surface area contributed by atoms with Crippen LogP contribution in [0.5, 0.6) is 5.75 Å². The van der Waals surface area contributed by atoms with Crippen LogP contribution in [0.25, 0.3) is 6.08 Å². The minimum atomic E-state index is -0.0720. The third-order valence-electron chi connectivity index (χ3n) is 5.20. The Kier molecular flexibility index (Phi) is 6.75. The van der Waals surface area contributed by atoms with Gasteiger partial charge in [-0.05, 0) is 67.6 Å². The van der Waals surface area contributed by atoms with Gasteiger partial charge in [0.15, 0.2) is 5.78 Å². The molecule has 1 aromatic heterocycles. The molecule has 1 fully saturated rings. The summed E-state index contributed by atoms with van der Waals surface area (Å²) >= 11 is 6.12. The average molecular weight is 438 g/mol. The minimum Gasteiger partial charge on any atom is -0.485 e. The van der Waals surface area contributed by atoms with Crippen LogP contribution in [0.1, 0.15) is 27.4 Å². The van der Waals surface area contributed by atoms with Crippen LogP contribution in [-0.2, 0) is 11.3 Å². The van der Waals surface area contributed by atoms with Crippen LogP contribution < -0.4 is 9.64 Å². The van der Waals surface area contributed by atoms with Gasteiger partial charge in [-0.2, -0.15) is 0 Å². The van der Waals surface area contributed by atoms with Crippen molar-refractivity contribution in [3.63, 3.8) is 0 Å². The average Bonchev–Trinajstić information content (AvgIpc) is 3.27. The summed E-state index contributed by atoms with van der Waals surface area (Å²) in [7, 11) is 0. The van der Waals surface area contributed by atoms with Gasteiger partial charge < -0.3 is 18.8 Å². The SMILES string of the molecule is Cc1c(Cl)cccc1OCc1ccc(/C=C/C(=O)c2ccc(N3CCOCC3)cc2)o1. The number of halogens is 1. The van der Waals surface area contributed by atoms with Gasteiger partial charge in [0.1, 0.15) is 23.9 Å². The number of carbonyl (C=O) groups excluding carboxylic acids is 1. The number of hydrogen-bond donors (Lipinski definition) is 0. The number of carbonyl (C=O) groups is 1. The summed E-state index contributed by atoms with van der Waals surface area (Å²) in [5, 5.41) is 0.664. The van der Waals surface area contributed by atoms with Gasteiger partial charge in [0.05, 0.1) is 13.2 Å². The van der Waals surface area contributed by atoms with Gasteiger partial charge in [0.2, 0.25) is 0 Å². The van der Waals surface area contributed by atoms with Crippen molar-refractivity contribution in [3.05, 3.63) is 88.3 Å². The first-order chi connectivity index (χ1) is 15.1. The molecule has 0 saturated carbocycles. The van der Waals surface area contributed by atoms with E-state index in [-0.39, 0.29) is 12.4 Å². The number of hydrogen-bond acceptors (Lipinski definition) is 5. The number of morpholine rings is 1. The number of ether oxygens (including phenoxy) is 2. The van der Waals surface area contributed by atoms with E-state index in [1.165, 1.54) is 6.08 Å². The van der Waals surface area contributed by atoms with Crippen molar-refractivity contribution >= 4 is 29.1 Å². The zero-order chi connectivity index (χ0) is 21.6. The lowest BCUT2D eigenvalue weighted by Crippen LogP contribution is -2.36. The number of rotatable bonds is 7. The van der Waals surface area contributed by atoms with Crippen molar-refractivity contribution in [2.75, 3.05) is 31.2 Å². The summed E-state index contributed by atoms with van der Waals surface area (Å²) in [5.74, 6) is 1.91. The zero-order valence-corrected chi connectivity index (χ0v) is 18.1. The van der Waals surface area contributed by atoms with Crippen molar-refractivity contribution in [3.8, 4) is 5.75 Å². The molecule has 4 rings (SSSR count). The summed E-state index contributed by atoms with van der Waals surface area (Å²) in [5.41, 5.74) is 2.63. The van der Waals surface area contributed by atoms with E-state index >= 15 is 0 Å². The number of allylic oxidation sites excluding steroid dienone is 1. The van der Waals surface area contributed by atoms with Crippen molar-refractivity contribution in [2.24, 2.45) is 0 Å². The predicted octanol–water partition coefficient (Wildman–Crippen LogP) is 5.55. The van der Waals surface area contributed by atoms with Gasteiger partial charge in [0, 0.05) is 34.9 Å². The van der Waals surface area contributed by atoms with E-state index < -0.39 is 0 Å². The van der Waals surface area contributed by atoms with Gasteiger partial charge in [-0.1, -0.05) is 17.7 Å². The summed E-state index contributed by atoms with van der Waals surface area (Å²) in [6.07, 6.45) is 3.20. The molecule has 0 N–H and O–H groups in total. The largest absolute Gasteiger partial charge is 0.485 e. The van der Waals surface area contributed by atoms with Crippen molar-refractivity contribution in [2.45, 2.75) is 13.5 Å². The molecule has 1 aliphatic rings. The predicted molar refractivity (Wildman–Crippen MR) is 122 cm³/mol. The second-order valence-corrected chi connectivity index (χ2v) is 7.71. The molecule has 0 unspecified atom stereocenters. The molecule has 1 aliphatic heterocycles. The summed E-state index contributed by atoms with van der Waals surface area (Å²) in [4.78, 5) is 14.7. The van der Waals surface area contributed by atoms with E-state index in [9.17, 15) is 4.79 Å². The van der Waals surface area contributed by atoms with E-state index in [4.69, 9.17) is 25.5 Å². The fraction of sp³-hybridized carbons (Fsp3) is 0.240. The molecule has 3 aromatic rings. The number of benzene rings is 2. The molecule has 2 heterocycles. The molecule has 6 heteroatoms. The maximum absolute atomic E-state index is 12.5. The Labute approximate surface area is 186 Å². The molecule has 2 aromatic carbocycles. The second-order valence-electron chi connectivity index (χ2n) is 7.30. The molecule has 0 radical (unpaired) electrons. The highest BCUT2D eigenvalue weighted by Crippen LogP contribution is 2.26. The summed E-state index contributed by atoms with van der Waals surface area (Å²) < 4.78 is 16.9. The van der Waals surface area contributed by atoms with E-state index in [2.05, 4.69) is 4.90 Å². The fourth-order valence-corrected chi connectivity index (χ4v) is 3.53. The topological polar surface area (TPSA) is 51.9 Å². The van der Waals surface area contributed by atoms with Crippen LogP contribution in [-0.4, -0.2) is 32.1 Å². The van der Waals surface area contributed by atoms with Gasteiger partial charge in [-0.15, -0.1) is 0 Å². The highest BCUT2D eigenvalue weighted by atomic mass is 35.5. The minimum absolute atomic E-state index is 0.0720. The standard InChI is InChI=1S/C25H24ClNO4/c1-18-23(26)3-2-4-25(18)30-17-22-10-9-21(31-22)11-12-24(28)19-5-7-20(8-6-19)27-13-15-29-16-14-27/h2-12H,13-17H2,1H3/b12-11+. The normalized spacial score (nSPS) is 14.2. The first-order valence-electron chi connectivity index (χ1n) is 10.2. The van der Waals surface area contributed by atoms with E-state index in [1.54, 1.807) is 6.08 Å². The molecule has 0 atom stereocenters. The quantitative estimate of drug-likeness (QED) is 0.358. The maximum atomic E-state index is 12.5. The number of nitrogens with zero attached hydrogens (tertiary/aromatic N) is 1. The third-order valence-corrected chi connectivity index (χ3v) is 5.61. The number of furan rings is 1. The van der Waals surface area contributed by atoms with Crippen molar-refractivity contribution < 1.29 is 18.7 Å². The Morgan fingerprint density at radius 1 is 1.10 bits per heavy atom. The number of anilines is 1. The van der Waals surface area contributed by atoms with E-state index in [0.717, 1.165) is 43.3 Å². The zero-order valence-electron chi connectivity index (χ0n) is 17.3. The van der Waals surface area contributed by atoms with E-state index in [1.807, 2.05) is 61.5 Å². The second kappa shape index (κ2) is 9.86. The molecular formula is C25H24ClNO4. The third kappa shape index (κ3) is 5.37. The Hall–Kier alpha value is -3.02. The smallest absolute Gasteiger partial charge is 0.185 e. The van der Waals surface area contributed by atoms with Gasteiger partial charge >= 0.3 is 0 Å². The Morgan fingerprint density at radius 3 is 2.65 bits per heavy atom. The lowest BCUT2D eigenvalue weighted by Gasteiger charge is -2.28. The Balaban J connectivity index is 1.34. The molecular weight excluding hydrogens is 414 g/mol. The van der Waals surface area contributed by atoms with Crippen molar-refractivity contribution in [1.82, 2.24) is 0 Å². The number of ketones is 1. The summed E-state index contributed by atoms with van der Waals surface area (Å²) in [6, 6.07) is 16.9. The lowest BCUT2D eigenvalue weighted by molar-refractivity contribution is 0.104. The van der Waals surface area contributed by atoms with Crippen molar-refractivity contribution in [1.29, 1.82) is 0 Å². The van der Waals surface area contributed by atoms with E-state index in [0.29, 0.717) is 22.1 Å². The van der Waals surface area contributed by atoms with Gasteiger partial charge in [-0.25, -0.2) is 0 Å². The van der Waals surface area contributed by atoms with Crippen LogP contribution in [0.3, 0.4) is 0 Å². The molecule has 5 nitrogen and oxygen atoms in total. The first kappa shape index (κ1) is 21.2. The molecule has 0 bridgehead atoms. The molecule has 0 spiro atoms. The molecule has 0 amide bonds. The molecule has 1 saturated heterocycles. The maximum Gasteiger partial charge on any atom is 0.185 e. The Morgan fingerprint density at radius 2 is 1.87 bits per heavy atom. The molecule has 31 heavy (non-hydrogen) atoms. The summed E-state index contributed by atoms with van der Waals surface area (Å²) in [6.45, 7) is 5.40. The Bertz CT molecular complexity index is 1070. The van der Waals surface area contributed by atoms with Gasteiger partial charge in [0.25, 0.3) is 0 Å². The van der Waals surface area contributed by atoms with Crippen LogP contribution >= 0.6 is 11.6 Å². The molecule has 160 valence electrons. The lowest BCUT2D eigenvalue weighted by atomic mass is 10.1. The van der Waals surface area contributed by atoms with Crippen LogP contribution in [0.4, 0.5) is 5.69 Å². The monoisotopic (exact) mass is 437 g/mol. The highest BCUT2D eigenvalue weighted by molar-refractivity contribution is 6.31. The van der Waals surface area contributed by atoms with Crippen LogP contribution in [0.15, 0.2) is 65.1 Å². The van der Waals surface area contributed by atoms with Crippen LogP contribution in [0, 0.1) is 6.92 Å².